The molecule has 0 radical (unpaired) electrons. The summed E-state index contributed by atoms with van der Waals surface area (Å²) < 4.78 is 5.81. The summed E-state index contributed by atoms with van der Waals surface area (Å²) in [6.45, 7) is 4.15. The first-order chi connectivity index (χ1) is 9.25. The lowest BCUT2D eigenvalue weighted by Crippen LogP contribution is -2.01. The van der Waals surface area contributed by atoms with Crippen LogP contribution >= 0.6 is 0 Å². The van der Waals surface area contributed by atoms with E-state index in [0.717, 1.165) is 30.2 Å². The van der Waals surface area contributed by atoms with E-state index in [-0.39, 0.29) is 0 Å². The molecule has 4 nitrogen and oxygen atoms in total. The van der Waals surface area contributed by atoms with Crippen LogP contribution in [0.15, 0.2) is 30.3 Å². The summed E-state index contributed by atoms with van der Waals surface area (Å²) in [4.78, 5) is 8.72. The van der Waals surface area contributed by atoms with Gasteiger partial charge >= 0.3 is 0 Å². The molecule has 0 aliphatic heterocycles. The van der Waals surface area contributed by atoms with Gasteiger partial charge in [-0.1, -0.05) is 26.0 Å². The SMILES string of the molecule is CCc1cccc(Oc2cc(NC)nc(CC)n2)c1. The Balaban J connectivity index is 2.26. The van der Waals surface area contributed by atoms with Crippen LogP contribution in [0.4, 0.5) is 5.82 Å². The fraction of sp³-hybridized carbons (Fsp3) is 0.333. The molecule has 0 saturated carbocycles. The topological polar surface area (TPSA) is 47.0 Å². The van der Waals surface area contributed by atoms with Crippen LogP contribution in [0, 0.1) is 0 Å². The molecular formula is C15H19N3O. The van der Waals surface area contributed by atoms with Gasteiger partial charge in [0.15, 0.2) is 0 Å². The van der Waals surface area contributed by atoms with Crippen LogP contribution < -0.4 is 10.1 Å². The van der Waals surface area contributed by atoms with Crippen molar-refractivity contribution in [3.8, 4) is 11.6 Å². The molecule has 19 heavy (non-hydrogen) atoms. The second-order valence-electron chi connectivity index (χ2n) is 4.21. The largest absolute Gasteiger partial charge is 0.439 e. The second-order valence-corrected chi connectivity index (χ2v) is 4.21. The average Bonchev–Trinajstić information content (AvgIpc) is 2.47. The molecule has 0 amide bonds. The van der Waals surface area contributed by atoms with E-state index >= 15 is 0 Å². The molecule has 0 fully saturated rings. The predicted octanol–water partition coefficient (Wildman–Crippen LogP) is 3.44. The lowest BCUT2D eigenvalue weighted by Gasteiger charge is -2.09. The average molecular weight is 257 g/mol. The third kappa shape index (κ3) is 3.44. The Bertz CT molecular complexity index is 533. The number of benzene rings is 1. The first-order valence-corrected chi connectivity index (χ1v) is 6.57. The molecule has 1 aromatic heterocycles. The number of hydrogen-bond acceptors (Lipinski definition) is 4. The lowest BCUT2D eigenvalue weighted by atomic mass is 10.2. The monoisotopic (exact) mass is 257 g/mol. The highest BCUT2D eigenvalue weighted by Gasteiger charge is 2.05. The first-order valence-electron chi connectivity index (χ1n) is 6.57. The Morgan fingerprint density at radius 2 is 1.95 bits per heavy atom. The zero-order valence-corrected chi connectivity index (χ0v) is 11.6. The van der Waals surface area contributed by atoms with Crippen molar-refractivity contribution in [2.45, 2.75) is 26.7 Å². The minimum atomic E-state index is 0.574. The fourth-order valence-corrected chi connectivity index (χ4v) is 1.76. The summed E-state index contributed by atoms with van der Waals surface area (Å²) in [6, 6.07) is 9.86. The summed E-state index contributed by atoms with van der Waals surface area (Å²) in [5.74, 6) is 2.92. The van der Waals surface area contributed by atoms with Crippen LogP contribution in [0.2, 0.25) is 0 Å². The van der Waals surface area contributed by atoms with Gasteiger partial charge in [0, 0.05) is 19.5 Å². The predicted molar refractivity (Wildman–Crippen MR) is 76.9 cm³/mol. The van der Waals surface area contributed by atoms with Crippen molar-refractivity contribution in [3.63, 3.8) is 0 Å². The van der Waals surface area contributed by atoms with E-state index in [9.17, 15) is 0 Å². The quantitative estimate of drug-likeness (QED) is 0.891. The Kier molecular flexibility index (Phi) is 4.34. The highest BCUT2D eigenvalue weighted by atomic mass is 16.5. The zero-order chi connectivity index (χ0) is 13.7. The standard InChI is InChI=1S/C15H19N3O/c1-4-11-7-6-8-12(9-11)19-15-10-14(16-3)17-13(5-2)18-15/h6-10H,4-5H2,1-3H3,(H,16,17,18). The van der Waals surface area contributed by atoms with E-state index in [1.807, 2.05) is 32.2 Å². The molecule has 1 aromatic carbocycles. The number of aromatic nitrogens is 2. The van der Waals surface area contributed by atoms with Gasteiger partial charge < -0.3 is 10.1 Å². The van der Waals surface area contributed by atoms with Crippen molar-refractivity contribution in [1.82, 2.24) is 9.97 Å². The Morgan fingerprint density at radius 1 is 1.11 bits per heavy atom. The van der Waals surface area contributed by atoms with Crippen molar-refractivity contribution < 1.29 is 4.74 Å². The molecule has 1 heterocycles. The Hall–Kier alpha value is -2.10. The van der Waals surface area contributed by atoms with Crippen LogP contribution in [0.5, 0.6) is 11.6 Å². The highest BCUT2D eigenvalue weighted by Crippen LogP contribution is 2.22. The molecule has 0 unspecified atom stereocenters. The van der Waals surface area contributed by atoms with E-state index in [0.29, 0.717) is 5.88 Å². The molecule has 4 heteroatoms. The third-order valence-electron chi connectivity index (χ3n) is 2.85. The molecule has 1 N–H and O–H groups in total. The normalized spacial score (nSPS) is 10.3. The van der Waals surface area contributed by atoms with Gasteiger partial charge in [-0.15, -0.1) is 0 Å². The van der Waals surface area contributed by atoms with Gasteiger partial charge in [-0.05, 0) is 24.1 Å². The number of anilines is 1. The molecule has 0 aliphatic rings. The van der Waals surface area contributed by atoms with E-state index in [2.05, 4.69) is 28.3 Å². The molecule has 0 aliphatic carbocycles. The van der Waals surface area contributed by atoms with Crippen molar-refractivity contribution in [2.24, 2.45) is 0 Å². The van der Waals surface area contributed by atoms with Gasteiger partial charge in [-0.25, -0.2) is 4.98 Å². The number of nitrogens with one attached hydrogen (secondary N) is 1. The van der Waals surface area contributed by atoms with E-state index in [1.165, 1.54) is 5.56 Å². The van der Waals surface area contributed by atoms with Crippen LogP contribution in [-0.4, -0.2) is 17.0 Å². The third-order valence-corrected chi connectivity index (χ3v) is 2.85. The van der Waals surface area contributed by atoms with Crippen molar-refractivity contribution in [1.29, 1.82) is 0 Å². The molecule has 100 valence electrons. The summed E-state index contributed by atoms with van der Waals surface area (Å²) in [6.07, 6.45) is 1.77. The Labute approximate surface area is 113 Å². The van der Waals surface area contributed by atoms with Crippen molar-refractivity contribution in [2.75, 3.05) is 12.4 Å². The van der Waals surface area contributed by atoms with Gasteiger partial charge in [0.2, 0.25) is 5.88 Å². The van der Waals surface area contributed by atoms with Crippen LogP contribution in [-0.2, 0) is 12.8 Å². The number of nitrogens with zero attached hydrogens (tertiary/aromatic N) is 2. The highest BCUT2D eigenvalue weighted by molar-refractivity contribution is 5.40. The summed E-state index contributed by atoms with van der Waals surface area (Å²) in [5, 5.41) is 3.02. The van der Waals surface area contributed by atoms with Gasteiger partial charge in [0.25, 0.3) is 0 Å². The Morgan fingerprint density at radius 3 is 2.63 bits per heavy atom. The molecule has 2 rings (SSSR count). The maximum absolute atomic E-state index is 5.81. The fourth-order valence-electron chi connectivity index (χ4n) is 1.76. The molecule has 0 saturated heterocycles. The lowest BCUT2D eigenvalue weighted by molar-refractivity contribution is 0.458. The molecule has 0 bridgehead atoms. The molecule has 0 atom stereocenters. The summed E-state index contributed by atoms with van der Waals surface area (Å²) in [5.41, 5.74) is 1.25. The van der Waals surface area contributed by atoms with Crippen LogP contribution in [0.1, 0.15) is 25.2 Å². The van der Waals surface area contributed by atoms with E-state index < -0.39 is 0 Å². The maximum atomic E-state index is 5.81. The molecule has 0 spiro atoms. The summed E-state index contributed by atoms with van der Waals surface area (Å²) in [7, 11) is 1.84. The van der Waals surface area contributed by atoms with Crippen LogP contribution in [0.25, 0.3) is 0 Å². The number of rotatable bonds is 5. The number of aryl methyl sites for hydroxylation is 2. The van der Waals surface area contributed by atoms with Crippen LogP contribution in [0.3, 0.4) is 0 Å². The maximum Gasteiger partial charge on any atom is 0.224 e. The van der Waals surface area contributed by atoms with Gasteiger partial charge in [-0.3, -0.25) is 0 Å². The van der Waals surface area contributed by atoms with Gasteiger partial charge in [-0.2, -0.15) is 4.98 Å². The second kappa shape index (κ2) is 6.18. The number of hydrogen-bond donors (Lipinski definition) is 1. The minimum absolute atomic E-state index is 0.574. The smallest absolute Gasteiger partial charge is 0.224 e. The van der Waals surface area contributed by atoms with E-state index in [1.54, 1.807) is 6.07 Å². The summed E-state index contributed by atoms with van der Waals surface area (Å²) >= 11 is 0. The zero-order valence-electron chi connectivity index (χ0n) is 11.6. The molecular weight excluding hydrogens is 238 g/mol. The number of ether oxygens (including phenoxy) is 1. The van der Waals surface area contributed by atoms with Crippen molar-refractivity contribution in [3.05, 3.63) is 41.7 Å². The first kappa shape index (κ1) is 13.3. The van der Waals surface area contributed by atoms with Gasteiger partial charge in [0.05, 0.1) is 0 Å². The minimum Gasteiger partial charge on any atom is -0.439 e. The van der Waals surface area contributed by atoms with E-state index in [4.69, 9.17) is 4.74 Å². The molecule has 2 aromatic rings. The van der Waals surface area contributed by atoms with Gasteiger partial charge in [0.1, 0.15) is 17.4 Å². The van der Waals surface area contributed by atoms with Crippen molar-refractivity contribution >= 4 is 5.82 Å².